The molecule has 0 saturated carbocycles. The van der Waals surface area contributed by atoms with E-state index >= 15 is 0 Å². The normalized spacial score (nSPS) is 11.0. The van der Waals surface area contributed by atoms with Gasteiger partial charge in [-0.3, -0.25) is 0 Å². The van der Waals surface area contributed by atoms with Crippen LogP contribution >= 0.6 is 23.4 Å². The Bertz CT molecular complexity index is 305. The van der Waals surface area contributed by atoms with Crippen molar-refractivity contribution in [2.45, 2.75) is 25.3 Å². The van der Waals surface area contributed by atoms with Crippen LogP contribution in [-0.2, 0) is 0 Å². The van der Waals surface area contributed by atoms with Crippen molar-refractivity contribution < 1.29 is 0 Å². The molecule has 0 aliphatic heterocycles. The molecule has 0 aromatic carbocycles. The first-order chi connectivity index (χ1) is 7.70. The van der Waals surface area contributed by atoms with E-state index in [4.69, 9.17) is 11.6 Å². The molecular weight excluding hydrogens is 240 g/mol. The molecule has 0 aliphatic rings. The average Bonchev–Trinajstić information content (AvgIpc) is 2.25. The summed E-state index contributed by atoms with van der Waals surface area (Å²) >= 11 is 7.73. The molecule has 0 radical (unpaired) electrons. The Labute approximate surface area is 107 Å². The summed E-state index contributed by atoms with van der Waals surface area (Å²) in [5.74, 6) is 1.78. The zero-order valence-corrected chi connectivity index (χ0v) is 11.4. The Hall–Kier alpha value is -0.250. The Morgan fingerprint density at radius 3 is 3.00 bits per heavy atom. The Morgan fingerprint density at radius 2 is 2.31 bits per heavy atom. The number of aromatic nitrogens is 1. The summed E-state index contributed by atoms with van der Waals surface area (Å²) in [6.45, 7) is 6.59. The summed E-state index contributed by atoms with van der Waals surface area (Å²) in [4.78, 5) is 4.23. The fourth-order valence-electron chi connectivity index (χ4n) is 1.23. The summed E-state index contributed by atoms with van der Waals surface area (Å²) in [5.41, 5.74) is 0. The first kappa shape index (κ1) is 13.8. The van der Waals surface area contributed by atoms with Crippen LogP contribution in [0.3, 0.4) is 0 Å². The van der Waals surface area contributed by atoms with E-state index in [-0.39, 0.29) is 0 Å². The van der Waals surface area contributed by atoms with Crippen molar-refractivity contribution in [2.24, 2.45) is 5.92 Å². The summed E-state index contributed by atoms with van der Waals surface area (Å²) in [6, 6.07) is 3.74. The van der Waals surface area contributed by atoms with Gasteiger partial charge in [0.25, 0.3) is 0 Å². The van der Waals surface area contributed by atoms with Crippen molar-refractivity contribution in [1.82, 2.24) is 10.3 Å². The van der Waals surface area contributed by atoms with Crippen LogP contribution in [0.4, 0.5) is 0 Å². The lowest BCUT2D eigenvalue weighted by Gasteiger charge is -2.07. The van der Waals surface area contributed by atoms with Crippen LogP contribution in [0.1, 0.15) is 20.3 Å². The van der Waals surface area contributed by atoms with E-state index in [9.17, 15) is 0 Å². The highest BCUT2D eigenvalue weighted by atomic mass is 35.5. The van der Waals surface area contributed by atoms with Crippen molar-refractivity contribution in [2.75, 3.05) is 18.8 Å². The van der Waals surface area contributed by atoms with Gasteiger partial charge in [-0.1, -0.05) is 25.4 Å². The third-order valence-electron chi connectivity index (χ3n) is 2.01. The minimum Gasteiger partial charge on any atom is -0.316 e. The van der Waals surface area contributed by atoms with Gasteiger partial charge in [0, 0.05) is 11.9 Å². The van der Waals surface area contributed by atoms with Gasteiger partial charge in [0.2, 0.25) is 0 Å². The minimum absolute atomic E-state index is 0.720. The maximum absolute atomic E-state index is 6.01. The van der Waals surface area contributed by atoms with Crippen LogP contribution in [0, 0.1) is 5.92 Å². The van der Waals surface area contributed by atoms with Crippen molar-refractivity contribution in [3.8, 4) is 0 Å². The Kier molecular flexibility index (Phi) is 6.85. The van der Waals surface area contributed by atoms with E-state index in [0.717, 1.165) is 41.2 Å². The summed E-state index contributed by atoms with van der Waals surface area (Å²) in [7, 11) is 0. The van der Waals surface area contributed by atoms with Crippen LogP contribution in [-0.4, -0.2) is 23.8 Å². The van der Waals surface area contributed by atoms with Gasteiger partial charge in [-0.2, -0.15) is 0 Å². The Balaban J connectivity index is 2.10. The van der Waals surface area contributed by atoms with E-state index in [1.807, 2.05) is 12.1 Å². The highest BCUT2D eigenvalue weighted by Gasteiger charge is 2.00. The number of hydrogen-bond acceptors (Lipinski definition) is 3. The third kappa shape index (κ3) is 5.73. The fraction of sp³-hybridized carbons (Fsp3) is 0.583. The lowest BCUT2D eigenvalue weighted by atomic mass is 10.2. The molecule has 0 saturated heterocycles. The van der Waals surface area contributed by atoms with Crippen LogP contribution in [0.5, 0.6) is 0 Å². The van der Waals surface area contributed by atoms with Gasteiger partial charge in [0.15, 0.2) is 0 Å². The first-order valence-corrected chi connectivity index (χ1v) is 7.00. The second-order valence-corrected chi connectivity index (χ2v) is 5.58. The highest BCUT2D eigenvalue weighted by molar-refractivity contribution is 7.99. The standard InChI is InChI=1S/C12H19ClN2S/c1-10(2)9-14-6-4-8-16-12-11(13)5-3-7-15-12/h3,5,7,10,14H,4,6,8-9H2,1-2H3. The van der Waals surface area contributed by atoms with E-state index in [0.29, 0.717) is 0 Å². The number of halogens is 1. The molecule has 0 bridgehead atoms. The van der Waals surface area contributed by atoms with E-state index < -0.39 is 0 Å². The van der Waals surface area contributed by atoms with Gasteiger partial charge in [-0.15, -0.1) is 11.8 Å². The lowest BCUT2D eigenvalue weighted by molar-refractivity contribution is 0.551. The average molecular weight is 259 g/mol. The number of pyridine rings is 1. The molecule has 1 aromatic heterocycles. The van der Waals surface area contributed by atoms with Crippen molar-refractivity contribution in [3.05, 3.63) is 23.4 Å². The van der Waals surface area contributed by atoms with Crippen LogP contribution < -0.4 is 5.32 Å². The second-order valence-electron chi connectivity index (χ2n) is 4.09. The van der Waals surface area contributed by atoms with Gasteiger partial charge >= 0.3 is 0 Å². The Morgan fingerprint density at radius 1 is 1.50 bits per heavy atom. The van der Waals surface area contributed by atoms with Gasteiger partial charge in [0.1, 0.15) is 5.03 Å². The molecule has 1 rings (SSSR count). The molecule has 0 spiro atoms. The zero-order valence-electron chi connectivity index (χ0n) is 9.87. The van der Waals surface area contributed by atoms with Crippen LogP contribution in [0.25, 0.3) is 0 Å². The van der Waals surface area contributed by atoms with E-state index in [1.165, 1.54) is 0 Å². The molecule has 1 heterocycles. The molecule has 0 amide bonds. The SMILES string of the molecule is CC(C)CNCCCSc1ncccc1Cl. The van der Waals surface area contributed by atoms with Crippen LogP contribution in [0.2, 0.25) is 5.02 Å². The topological polar surface area (TPSA) is 24.9 Å². The van der Waals surface area contributed by atoms with E-state index in [1.54, 1.807) is 18.0 Å². The molecule has 4 heteroatoms. The minimum atomic E-state index is 0.720. The number of nitrogens with one attached hydrogen (secondary N) is 1. The van der Waals surface area contributed by atoms with Crippen LogP contribution in [0.15, 0.2) is 23.4 Å². The third-order valence-corrected chi connectivity index (χ3v) is 3.52. The molecule has 0 unspecified atom stereocenters. The molecular formula is C12H19ClN2S. The summed E-state index contributed by atoms with van der Waals surface area (Å²) in [5, 5.41) is 5.11. The maximum atomic E-state index is 6.01. The van der Waals surface area contributed by atoms with Gasteiger partial charge in [-0.25, -0.2) is 4.98 Å². The molecule has 0 fully saturated rings. The molecule has 0 aliphatic carbocycles. The van der Waals surface area contributed by atoms with Gasteiger partial charge in [0.05, 0.1) is 5.02 Å². The van der Waals surface area contributed by atoms with Gasteiger partial charge in [-0.05, 0) is 37.6 Å². The smallest absolute Gasteiger partial charge is 0.115 e. The quantitative estimate of drug-likeness (QED) is 0.599. The summed E-state index contributed by atoms with van der Waals surface area (Å²) < 4.78 is 0. The van der Waals surface area contributed by atoms with E-state index in [2.05, 4.69) is 24.1 Å². The second kappa shape index (κ2) is 7.93. The molecule has 90 valence electrons. The molecule has 0 atom stereocenters. The lowest BCUT2D eigenvalue weighted by Crippen LogP contribution is -2.21. The molecule has 1 N–H and O–H groups in total. The van der Waals surface area contributed by atoms with Crippen molar-refractivity contribution >= 4 is 23.4 Å². The molecule has 1 aromatic rings. The molecule has 16 heavy (non-hydrogen) atoms. The van der Waals surface area contributed by atoms with Crippen molar-refractivity contribution in [3.63, 3.8) is 0 Å². The summed E-state index contributed by atoms with van der Waals surface area (Å²) in [6.07, 6.45) is 2.93. The predicted molar refractivity (Wildman–Crippen MR) is 72.3 cm³/mol. The number of thioether (sulfide) groups is 1. The van der Waals surface area contributed by atoms with Gasteiger partial charge < -0.3 is 5.32 Å². The maximum Gasteiger partial charge on any atom is 0.115 e. The number of hydrogen-bond donors (Lipinski definition) is 1. The largest absolute Gasteiger partial charge is 0.316 e. The highest BCUT2D eigenvalue weighted by Crippen LogP contribution is 2.24. The molecule has 2 nitrogen and oxygen atoms in total. The van der Waals surface area contributed by atoms with Crippen molar-refractivity contribution in [1.29, 1.82) is 0 Å². The first-order valence-electron chi connectivity index (χ1n) is 5.64. The fourth-order valence-corrected chi connectivity index (χ4v) is 2.34. The monoisotopic (exact) mass is 258 g/mol. The number of nitrogens with zero attached hydrogens (tertiary/aromatic N) is 1. The number of rotatable bonds is 7. The predicted octanol–water partition coefficient (Wildman–Crippen LogP) is 3.46. The zero-order chi connectivity index (χ0) is 11.8.